The quantitative estimate of drug-likeness (QED) is 0.866. The van der Waals surface area contributed by atoms with Crippen LogP contribution in [0.5, 0.6) is 0 Å². The van der Waals surface area contributed by atoms with Gasteiger partial charge in [0, 0.05) is 38.3 Å². The molecule has 3 rings (SSSR count). The molecule has 0 spiro atoms. The molecule has 1 saturated heterocycles. The summed E-state index contributed by atoms with van der Waals surface area (Å²) < 4.78 is 0. The zero-order chi connectivity index (χ0) is 17.8. The van der Waals surface area contributed by atoms with Crippen molar-refractivity contribution in [1.29, 1.82) is 5.26 Å². The van der Waals surface area contributed by atoms with E-state index < -0.39 is 0 Å². The highest BCUT2D eigenvalue weighted by Gasteiger charge is 2.16. The number of benzene rings is 1. The molecule has 25 heavy (non-hydrogen) atoms. The lowest BCUT2D eigenvalue weighted by Gasteiger charge is -2.34. The second kappa shape index (κ2) is 7.47. The van der Waals surface area contributed by atoms with Gasteiger partial charge in [-0.25, -0.2) is 4.98 Å². The Kier molecular flexibility index (Phi) is 5.12. The first kappa shape index (κ1) is 17.1. The molecule has 1 aliphatic rings. The molecule has 0 radical (unpaired) electrons. The van der Waals surface area contributed by atoms with Crippen LogP contribution in [0.1, 0.15) is 18.1 Å². The van der Waals surface area contributed by atoms with Gasteiger partial charge in [0.2, 0.25) is 5.95 Å². The predicted octanol–water partition coefficient (Wildman–Crippen LogP) is 1.32. The van der Waals surface area contributed by atoms with Gasteiger partial charge in [-0.2, -0.15) is 10.2 Å². The number of rotatable bonds is 4. The van der Waals surface area contributed by atoms with Crippen LogP contribution in [0.4, 0.5) is 11.8 Å². The van der Waals surface area contributed by atoms with Crippen LogP contribution in [0, 0.1) is 11.3 Å². The third kappa shape index (κ3) is 3.87. The Bertz CT molecular complexity index is 771. The first-order valence-corrected chi connectivity index (χ1v) is 8.47. The fourth-order valence-corrected chi connectivity index (χ4v) is 3.11. The number of aromatic nitrogens is 2. The Labute approximate surface area is 147 Å². The largest absolute Gasteiger partial charge is 0.382 e. The van der Waals surface area contributed by atoms with Crippen LogP contribution in [0.3, 0.4) is 0 Å². The molecule has 0 amide bonds. The minimum atomic E-state index is 0.0735. The van der Waals surface area contributed by atoms with E-state index in [0.717, 1.165) is 44.8 Å². The van der Waals surface area contributed by atoms with E-state index in [9.17, 15) is 5.26 Å². The second-order valence-corrected chi connectivity index (χ2v) is 6.21. The number of nitrogens with two attached hydrogens (primary N) is 2. The lowest BCUT2D eigenvalue weighted by atomic mass is 10.0. The third-order valence-corrected chi connectivity index (χ3v) is 4.61. The van der Waals surface area contributed by atoms with E-state index in [-0.39, 0.29) is 17.3 Å². The van der Waals surface area contributed by atoms with Crippen LogP contribution in [0.15, 0.2) is 24.3 Å². The summed E-state index contributed by atoms with van der Waals surface area (Å²) in [5, 5.41) is 9.30. The fourth-order valence-electron chi connectivity index (χ4n) is 3.11. The van der Waals surface area contributed by atoms with Gasteiger partial charge in [0.25, 0.3) is 0 Å². The zero-order valence-electron chi connectivity index (χ0n) is 14.4. The first-order chi connectivity index (χ1) is 12.1. The van der Waals surface area contributed by atoms with E-state index in [0.29, 0.717) is 5.69 Å². The van der Waals surface area contributed by atoms with E-state index in [1.54, 1.807) is 0 Å². The Balaban J connectivity index is 1.74. The number of piperazine rings is 1. The van der Waals surface area contributed by atoms with Crippen molar-refractivity contribution in [2.75, 3.05) is 44.2 Å². The normalized spacial score (nSPS) is 15.8. The summed E-state index contributed by atoms with van der Waals surface area (Å²) in [4.78, 5) is 13.0. The summed E-state index contributed by atoms with van der Waals surface area (Å²) in [7, 11) is 0. The molecular weight excluding hydrogens is 314 g/mol. The van der Waals surface area contributed by atoms with Crippen LogP contribution in [0.25, 0.3) is 11.3 Å². The monoisotopic (exact) mass is 337 g/mol. The maximum atomic E-state index is 9.30. The van der Waals surface area contributed by atoms with Gasteiger partial charge in [-0.1, -0.05) is 31.2 Å². The van der Waals surface area contributed by atoms with Crippen molar-refractivity contribution < 1.29 is 0 Å². The van der Waals surface area contributed by atoms with Gasteiger partial charge in [0.05, 0.1) is 5.69 Å². The molecule has 0 atom stereocenters. The SMILES string of the molecule is CCN1CCN(Cc2ccc(-c3nc(N)nc(N)c3C#N)cc2)CC1. The number of hydrogen-bond donors (Lipinski definition) is 2. The van der Waals surface area contributed by atoms with Crippen LogP contribution >= 0.6 is 0 Å². The van der Waals surface area contributed by atoms with Crippen LogP contribution in [-0.4, -0.2) is 52.5 Å². The summed E-state index contributed by atoms with van der Waals surface area (Å²) in [6, 6.07) is 10.1. The molecule has 1 aromatic heterocycles. The first-order valence-electron chi connectivity index (χ1n) is 8.47. The van der Waals surface area contributed by atoms with Crippen molar-refractivity contribution in [2.45, 2.75) is 13.5 Å². The molecule has 0 unspecified atom stereocenters. The summed E-state index contributed by atoms with van der Waals surface area (Å²) in [5.41, 5.74) is 14.3. The van der Waals surface area contributed by atoms with Crippen molar-refractivity contribution in [3.8, 4) is 17.3 Å². The van der Waals surface area contributed by atoms with Gasteiger partial charge >= 0.3 is 0 Å². The Hall–Kier alpha value is -2.69. The van der Waals surface area contributed by atoms with E-state index in [1.165, 1.54) is 5.56 Å². The maximum absolute atomic E-state index is 9.30. The molecule has 0 bridgehead atoms. The van der Waals surface area contributed by atoms with Crippen LogP contribution < -0.4 is 11.5 Å². The average molecular weight is 337 g/mol. The third-order valence-electron chi connectivity index (χ3n) is 4.61. The molecule has 1 aromatic carbocycles. The van der Waals surface area contributed by atoms with Crippen molar-refractivity contribution in [2.24, 2.45) is 0 Å². The predicted molar refractivity (Wildman–Crippen MR) is 98.4 cm³/mol. The van der Waals surface area contributed by atoms with Gasteiger partial charge < -0.3 is 16.4 Å². The molecule has 2 heterocycles. The van der Waals surface area contributed by atoms with Crippen molar-refractivity contribution in [3.05, 3.63) is 35.4 Å². The topological polar surface area (TPSA) is 108 Å². The Morgan fingerprint density at radius 1 is 1.04 bits per heavy atom. The van der Waals surface area contributed by atoms with Gasteiger partial charge in [-0.05, 0) is 12.1 Å². The lowest BCUT2D eigenvalue weighted by molar-refractivity contribution is 0.132. The molecule has 1 fully saturated rings. The molecule has 7 nitrogen and oxygen atoms in total. The van der Waals surface area contributed by atoms with Gasteiger partial charge in [0.15, 0.2) is 0 Å². The highest BCUT2D eigenvalue weighted by molar-refractivity contribution is 5.73. The summed E-state index contributed by atoms with van der Waals surface area (Å²) in [6.07, 6.45) is 0. The molecule has 0 aliphatic carbocycles. The molecule has 2 aromatic rings. The molecule has 130 valence electrons. The van der Waals surface area contributed by atoms with E-state index in [4.69, 9.17) is 11.5 Å². The number of likely N-dealkylation sites (N-methyl/N-ethyl adjacent to an activating group) is 1. The van der Waals surface area contributed by atoms with Crippen molar-refractivity contribution in [3.63, 3.8) is 0 Å². The van der Waals surface area contributed by atoms with E-state index in [1.807, 2.05) is 12.1 Å². The fraction of sp³-hybridized carbons (Fsp3) is 0.389. The number of nitrogen functional groups attached to an aromatic ring is 2. The van der Waals surface area contributed by atoms with Crippen LogP contribution in [-0.2, 0) is 6.54 Å². The van der Waals surface area contributed by atoms with E-state index in [2.05, 4.69) is 44.9 Å². The molecule has 0 saturated carbocycles. The highest BCUT2D eigenvalue weighted by atomic mass is 15.3. The van der Waals surface area contributed by atoms with Gasteiger partial charge in [-0.15, -0.1) is 0 Å². The number of hydrogen-bond acceptors (Lipinski definition) is 7. The van der Waals surface area contributed by atoms with Gasteiger partial charge in [-0.3, -0.25) is 4.90 Å². The van der Waals surface area contributed by atoms with Gasteiger partial charge in [0.1, 0.15) is 17.5 Å². The van der Waals surface area contributed by atoms with Crippen molar-refractivity contribution >= 4 is 11.8 Å². The van der Waals surface area contributed by atoms with Crippen LogP contribution in [0.2, 0.25) is 0 Å². The maximum Gasteiger partial charge on any atom is 0.222 e. The smallest absolute Gasteiger partial charge is 0.222 e. The molecule has 1 aliphatic heterocycles. The highest BCUT2D eigenvalue weighted by Crippen LogP contribution is 2.25. The molecular formula is C18H23N7. The standard InChI is InChI=1S/C18H23N7/c1-2-24-7-9-25(10-8-24)12-13-3-5-14(6-4-13)16-15(11-19)17(20)23-18(21)22-16/h3-6H,2,7-10,12H2,1H3,(H4,20,21,22,23). The van der Waals surface area contributed by atoms with Crippen molar-refractivity contribution in [1.82, 2.24) is 19.8 Å². The van der Waals surface area contributed by atoms with E-state index >= 15 is 0 Å². The second-order valence-electron chi connectivity index (χ2n) is 6.21. The Morgan fingerprint density at radius 2 is 1.68 bits per heavy atom. The summed E-state index contributed by atoms with van der Waals surface area (Å²) in [6.45, 7) is 8.68. The summed E-state index contributed by atoms with van der Waals surface area (Å²) in [5.74, 6) is 0.187. The summed E-state index contributed by atoms with van der Waals surface area (Å²) >= 11 is 0. The zero-order valence-corrected chi connectivity index (χ0v) is 14.4. The lowest BCUT2D eigenvalue weighted by Crippen LogP contribution is -2.45. The molecule has 7 heteroatoms. The number of nitriles is 1. The number of nitrogens with zero attached hydrogens (tertiary/aromatic N) is 5. The minimum Gasteiger partial charge on any atom is -0.382 e. The number of anilines is 2. The minimum absolute atomic E-state index is 0.0735. The Morgan fingerprint density at radius 3 is 2.28 bits per heavy atom. The molecule has 4 N–H and O–H groups in total. The average Bonchev–Trinajstić information content (AvgIpc) is 2.62.